The zero-order chi connectivity index (χ0) is 12.3. The minimum Gasteiger partial charge on any atom is -0.265 e. The van der Waals surface area contributed by atoms with Crippen molar-refractivity contribution in [1.29, 1.82) is 0 Å². The van der Waals surface area contributed by atoms with Gasteiger partial charge < -0.3 is 0 Å². The fraction of sp³-hybridized carbons (Fsp3) is 0.286. The lowest BCUT2D eigenvalue weighted by Crippen LogP contribution is -2.00. The molecule has 17 heavy (non-hydrogen) atoms. The van der Waals surface area contributed by atoms with Gasteiger partial charge in [0.05, 0.1) is 5.69 Å². The van der Waals surface area contributed by atoms with Crippen molar-refractivity contribution >= 4 is 11.6 Å². The summed E-state index contributed by atoms with van der Waals surface area (Å²) in [6, 6.07) is 7.85. The number of rotatable bonds is 3. The summed E-state index contributed by atoms with van der Waals surface area (Å²) in [5.74, 6) is 0.557. The maximum Gasteiger partial charge on any atom is 0.129 e. The van der Waals surface area contributed by atoms with E-state index in [4.69, 9.17) is 11.6 Å². The van der Waals surface area contributed by atoms with Crippen molar-refractivity contribution in [3.63, 3.8) is 0 Å². The molecule has 0 atom stereocenters. The number of halogens is 1. The molecule has 0 spiro atoms. The average Bonchev–Trinajstić information content (AvgIpc) is 2.29. The highest BCUT2D eigenvalue weighted by Gasteiger charge is 2.09. The third kappa shape index (κ3) is 3.04. The van der Waals surface area contributed by atoms with Crippen LogP contribution in [0, 0.1) is 5.92 Å². The molecule has 88 valence electrons. The molecule has 0 aliphatic carbocycles. The van der Waals surface area contributed by atoms with Gasteiger partial charge in [-0.2, -0.15) is 0 Å². The van der Waals surface area contributed by atoms with Gasteiger partial charge in [0.1, 0.15) is 5.15 Å². The molecule has 2 aromatic heterocycles. The van der Waals surface area contributed by atoms with Crippen LogP contribution in [0.2, 0.25) is 5.15 Å². The SMILES string of the molecule is CC(C)Cc1nc(Cl)ccc1-c1ccncc1. The number of aromatic nitrogens is 2. The van der Waals surface area contributed by atoms with Gasteiger partial charge in [-0.1, -0.05) is 25.4 Å². The van der Waals surface area contributed by atoms with Crippen LogP contribution in [-0.4, -0.2) is 9.97 Å². The van der Waals surface area contributed by atoms with Crippen LogP contribution >= 0.6 is 11.6 Å². The lowest BCUT2D eigenvalue weighted by molar-refractivity contribution is 0.636. The van der Waals surface area contributed by atoms with Crippen molar-refractivity contribution < 1.29 is 0 Å². The molecule has 2 nitrogen and oxygen atoms in total. The number of nitrogens with zero attached hydrogens (tertiary/aromatic N) is 2. The Morgan fingerprint density at radius 2 is 1.82 bits per heavy atom. The number of hydrogen-bond acceptors (Lipinski definition) is 2. The van der Waals surface area contributed by atoms with Gasteiger partial charge in [-0.3, -0.25) is 4.98 Å². The third-order valence-electron chi connectivity index (χ3n) is 2.53. The van der Waals surface area contributed by atoms with Crippen molar-refractivity contribution in [2.75, 3.05) is 0 Å². The Morgan fingerprint density at radius 1 is 1.12 bits per heavy atom. The number of pyridine rings is 2. The highest BCUT2D eigenvalue weighted by Crippen LogP contribution is 2.25. The maximum absolute atomic E-state index is 5.96. The smallest absolute Gasteiger partial charge is 0.129 e. The highest BCUT2D eigenvalue weighted by molar-refractivity contribution is 6.29. The Balaban J connectivity index is 2.46. The van der Waals surface area contributed by atoms with Gasteiger partial charge in [0.15, 0.2) is 0 Å². The van der Waals surface area contributed by atoms with Crippen molar-refractivity contribution in [3.05, 3.63) is 47.5 Å². The normalized spacial score (nSPS) is 10.8. The van der Waals surface area contributed by atoms with Crippen molar-refractivity contribution in [2.24, 2.45) is 5.92 Å². The molecule has 2 heterocycles. The first-order valence-electron chi connectivity index (χ1n) is 5.72. The molecule has 0 aliphatic heterocycles. The molecule has 0 unspecified atom stereocenters. The van der Waals surface area contributed by atoms with Crippen molar-refractivity contribution in [1.82, 2.24) is 9.97 Å². The maximum atomic E-state index is 5.96. The molecular formula is C14H15ClN2. The van der Waals surface area contributed by atoms with Crippen LogP contribution in [0.1, 0.15) is 19.5 Å². The number of hydrogen-bond donors (Lipinski definition) is 0. The second-order valence-corrected chi connectivity index (χ2v) is 4.85. The van der Waals surface area contributed by atoms with Crippen LogP contribution < -0.4 is 0 Å². The molecule has 0 saturated carbocycles. The predicted molar refractivity (Wildman–Crippen MR) is 71.0 cm³/mol. The van der Waals surface area contributed by atoms with Crippen LogP contribution in [-0.2, 0) is 6.42 Å². The average molecular weight is 247 g/mol. The molecule has 0 aliphatic rings. The Bertz CT molecular complexity index is 495. The van der Waals surface area contributed by atoms with Crippen molar-refractivity contribution in [2.45, 2.75) is 20.3 Å². The molecule has 0 amide bonds. The van der Waals surface area contributed by atoms with E-state index in [-0.39, 0.29) is 0 Å². The van der Waals surface area contributed by atoms with Crippen LogP contribution in [0.15, 0.2) is 36.7 Å². The van der Waals surface area contributed by atoms with Crippen LogP contribution in [0.25, 0.3) is 11.1 Å². The van der Waals surface area contributed by atoms with Gasteiger partial charge in [0.2, 0.25) is 0 Å². The Morgan fingerprint density at radius 3 is 2.47 bits per heavy atom. The van der Waals surface area contributed by atoms with E-state index in [1.807, 2.05) is 24.3 Å². The summed E-state index contributed by atoms with van der Waals surface area (Å²) in [7, 11) is 0. The molecule has 0 fully saturated rings. The van der Waals surface area contributed by atoms with Gasteiger partial charge >= 0.3 is 0 Å². The first-order valence-corrected chi connectivity index (χ1v) is 6.10. The van der Waals surface area contributed by atoms with E-state index < -0.39 is 0 Å². The largest absolute Gasteiger partial charge is 0.265 e. The zero-order valence-corrected chi connectivity index (χ0v) is 10.8. The molecule has 2 aromatic rings. The van der Waals surface area contributed by atoms with Crippen LogP contribution in [0.4, 0.5) is 0 Å². The topological polar surface area (TPSA) is 25.8 Å². The summed E-state index contributed by atoms with van der Waals surface area (Å²) in [6.45, 7) is 4.36. The van der Waals surface area contributed by atoms with Gasteiger partial charge in [0.25, 0.3) is 0 Å². The van der Waals surface area contributed by atoms with E-state index in [0.29, 0.717) is 11.1 Å². The summed E-state index contributed by atoms with van der Waals surface area (Å²) in [5, 5.41) is 0.554. The van der Waals surface area contributed by atoms with E-state index in [1.54, 1.807) is 12.4 Å². The van der Waals surface area contributed by atoms with E-state index in [9.17, 15) is 0 Å². The zero-order valence-electron chi connectivity index (χ0n) is 10.0. The molecular weight excluding hydrogens is 232 g/mol. The van der Waals surface area contributed by atoms with Gasteiger partial charge in [-0.15, -0.1) is 0 Å². The molecule has 0 bridgehead atoms. The van der Waals surface area contributed by atoms with Gasteiger partial charge in [-0.05, 0) is 42.2 Å². The van der Waals surface area contributed by atoms with E-state index in [1.165, 1.54) is 0 Å². The standard InChI is InChI=1S/C14H15ClN2/c1-10(2)9-13-12(3-4-14(15)17-13)11-5-7-16-8-6-11/h3-8,10H,9H2,1-2H3. The molecule has 3 heteroatoms. The Labute approximate surface area is 107 Å². The second-order valence-electron chi connectivity index (χ2n) is 4.46. The molecule has 0 saturated heterocycles. The summed E-state index contributed by atoms with van der Waals surface area (Å²) < 4.78 is 0. The first kappa shape index (κ1) is 12.1. The minimum absolute atomic E-state index is 0.554. The van der Waals surface area contributed by atoms with Crippen LogP contribution in [0.5, 0.6) is 0 Å². The molecule has 2 rings (SSSR count). The minimum atomic E-state index is 0.554. The quantitative estimate of drug-likeness (QED) is 0.765. The predicted octanol–water partition coefficient (Wildman–Crippen LogP) is 4.00. The van der Waals surface area contributed by atoms with E-state index >= 15 is 0 Å². The highest BCUT2D eigenvalue weighted by atomic mass is 35.5. The van der Waals surface area contributed by atoms with E-state index in [0.717, 1.165) is 23.2 Å². The Kier molecular flexibility index (Phi) is 3.75. The van der Waals surface area contributed by atoms with Crippen molar-refractivity contribution in [3.8, 4) is 11.1 Å². The van der Waals surface area contributed by atoms with Gasteiger partial charge in [0, 0.05) is 18.0 Å². The lowest BCUT2D eigenvalue weighted by Gasteiger charge is -2.11. The lowest BCUT2D eigenvalue weighted by atomic mass is 9.99. The summed E-state index contributed by atoms with van der Waals surface area (Å²) in [6.07, 6.45) is 4.52. The fourth-order valence-electron chi connectivity index (χ4n) is 1.81. The molecule has 0 aromatic carbocycles. The van der Waals surface area contributed by atoms with Gasteiger partial charge in [-0.25, -0.2) is 4.98 Å². The third-order valence-corrected chi connectivity index (χ3v) is 2.74. The second kappa shape index (κ2) is 5.28. The summed E-state index contributed by atoms with van der Waals surface area (Å²) >= 11 is 5.96. The summed E-state index contributed by atoms with van der Waals surface area (Å²) in [5.41, 5.74) is 3.34. The van der Waals surface area contributed by atoms with Crippen LogP contribution in [0.3, 0.4) is 0 Å². The fourth-order valence-corrected chi connectivity index (χ4v) is 1.98. The molecule has 0 radical (unpaired) electrons. The van der Waals surface area contributed by atoms with E-state index in [2.05, 4.69) is 23.8 Å². The first-order chi connectivity index (χ1) is 8.16. The molecule has 0 N–H and O–H groups in total. The monoisotopic (exact) mass is 246 g/mol. The summed E-state index contributed by atoms with van der Waals surface area (Å²) in [4.78, 5) is 8.47. The Hall–Kier alpha value is -1.41.